The maximum absolute atomic E-state index is 14.0. The van der Waals surface area contributed by atoms with Gasteiger partial charge >= 0.3 is 6.18 Å². The van der Waals surface area contributed by atoms with Crippen molar-refractivity contribution in [1.29, 1.82) is 0 Å². The highest BCUT2D eigenvalue weighted by Crippen LogP contribution is 2.35. The Kier molecular flexibility index (Phi) is 8.71. The molecular weight excluding hydrogens is 448 g/mol. The molecule has 34 heavy (non-hydrogen) atoms. The lowest BCUT2D eigenvalue weighted by Crippen LogP contribution is -2.41. The summed E-state index contributed by atoms with van der Waals surface area (Å²) in [7, 11) is 1.59. The van der Waals surface area contributed by atoms with E-state index < -0.39 is 11.7 Å². The largest absolute Gasteiger partial charge is 0.416 e. The Labute approximate surface area is 198 Å². The molecule has 0 N–H and O–H groups in total. The topological polar surface area (TPSA) is 32.8 Å². The minimum Gasteiger partial charge on any atom is -0.383 e. The molecule has 2 aromatic rings. The molecule has 0 saturated carbocycles. The van der Waals surface area contributed by atoms with Gasteiger partial charge in [-0.2, -0.15) is 13.2 Å². The third-order valence-electron chi connectivity index (χ3n) is 6.31. The molecule has 0 unspecified atom stereocenters. The van der Waals surface area contributed by atoms with Crippen molar-refractivity contribution in [3.8, 4) is 0 Å². The Hall–Kier alpha value is -2.45. The normalized spacial score (nSPS) is 19.1. The summed E-state index contributed by atoms with van der Waals surface area (Å²) >= 11 is 0. The van der Waals surface area contributed by atoms with Gasteiger partial charge in [-0.05, 0) is 41.3 Å². The number of methoxy groups -OCH3 is 1. The van der Waals surface area contributed by atoms with E-state index in [1.54, 1.807) is 13.2 Å². The monoisotopic (exact) mass is 480 g/mol. The van der Waals surface area contributed by atoms with E-state index in [0.717, 1.165) is 23.3 Å². The number of alkyl halides is 3. The maximum Gasteiger partial charge on any atom is 0.416 e. The first-order valence-electron chi connectivity index (χ1n) is 11.5. The molecule has 0 bridgehead atoms. The fourth-order valence-electron chi connectivity index (χ4n) is 4.59. The van der Waals surface area contributed by atoms with Crippen LogP contribution >= 0.6 is 0 Å². The van der Waals surface area contributed by atoms with Crippen molar-refractivity contribution in [2.24, 2.45) is 11.8 Å². The Morgan fingerprint density at radius 1 is 1.15 bits per heavy atom. The van der Waals surface area contributed by atoms with E-state index in [0.29, 0.717) is 39.3 Å². The van der Waals surface area contributed by atoms with Crippen molar-refractivity contribution in [3.63, 3.8) is 0 Å². The fourth-order valence-corrected chi connectivity index (χ4v) is 4.59. The molecule has 3 rings (SSSR count). The summed E-state index contributed by atoms with van der Waals surface area (Å²) in [5.74, 6) is -0.386. The molecule has 1 aliphatic heterocycles. The molecule has 0 spiro atoms. The Balaban J connectivity index is 1.80. The maximum atomic E-state index is 14.0. The lowest BCUT2D eigenvalue weighted by Gasteiger charge is -2.29. The number of carbonyl (C=O) groups excluding carboxylic acids is 1. The highest BCUT2D eigenvalue weighted by Gasteiger charge is 2.36. The van der Waals surface area contributed by atoms with E-state index in [4.69, 9.17) is 4.74 Å². The number of amides is 1. The average molecular weight is 481 g/mol. The van der Waals surface area contributed by atoms with Gasteiger partial charge in [0.2, 0.25) is 5.91 Å². The molecular formula is C26H32F4N2O2. The number of carbonyl (C=O) groups is 1. The zero-order valence-electron chi connectivity index (χ0n) is 19.8. The first-order chi connectivity index (χ1) is 16.1. The number of benzene rings is 2. The van der Waals surface area contributed by atoms with Gasteiger partial charge in [0.25, 0.3) is 0 Å². The van der Waals surface area contributed by atoms with Crippen LogP contribution in [0.5, 0.6) is 0 Å². The zero-order valence-corrected chi connectivity index (χ0v) is 19.8. The molecule has 0 aromatic heterocycles. The van der Waals surface area contributed by atoms with Crippen molar-refractivity contribution < 1.29 is 27.1 Å². The fraction of sp³-hybridized carbons (Fsp3) is 0.500. The number of hydrogen-bond acceptors (Lipinski definition) is 3. The van der Waals surface area contributed by atoms with Gasteiger partial charge in [0, 0.05) is 51.7 Å². The Bertz CT molecular complexity index is 947. The summed E-state index contributed by atoms with van der Waals surface area (Å²) in [6.07, 6.45) is -4.37. The van der Waals surface area contributed by atoms with Crippen LogP contribution in [0.1, 0.15) is 36.5 Å². The van der Waals surface area contributed by atoms with Crippen LogP contribution in [0.15, 0.2) is 48.5 Å². The van der Waals surface area contributed by atoms with Gasteiger partial charge in [-0.1, -0.05) is 38.1 Å². The second kappa shape index (κ2) is 11.3. The predicted octanol–water partition coefficient (Wildman–Crippen LogP) is 5.19. The molecule has 1 amide bonds. The van der Waals surface area contributed by atoms with Crippen LogP contribution in [0.3, 0.4) is 0 Å². The quantitative estimate of drug-likeness (QED) is 0.463. The smallest absolute Gasteiger partial charge is 0.383 e. The summed E-state index contributed by atoms with van der Waals surface area (Å²) in [6.45, 7) is 6.88. The van der Waals surface area contributed by atoms with Gasteiger partial charge in [0.05, 0.1) is 12.2 Å². The first kappa shape index (κ1) is 26.2. The first-order valence-corrected chi connectivity index (χ1v) is 11.5. The average Bonchev–Trinajstić information content (AvgIpc) is 3.18. The minimum absolute atomic E-state index is 0.00449. The van der Waals surface area contributed by atoms with Crippen molar-refractivity contribution in [2.75, 3.05) is 39.9 Å². The van der Waals surface area contributed by atoms with Crippen molar-refractivity contribution >= 4 is 5.91 Å². The van der Waals surface area contributed by atoms with Gasteiger partial charge in [0.15, 0.2) is 0 Å². The van der Waals surface area contributed by atoms with Crippen LogP contribution in [0.25, 0.3) is 0 Å². The standard InChI is InChI=1S/C26H32F4N2O2/c1-18(2)25(33)32(11-12-34-3)16-21-15-31(17-24(21)20-5-4-6-23(27)13-20)14-19-7-9-22(10-8-19)26(28,29)30/h4-10,13,18,21,24H,11-12,14-17H2,1-3H3/t21-,24-/m0/s1. The summed E-state index contributed by atoms with van der Waals surface area (Å²) in [4.78, 5) is 16.8. The van der Waals surface area contributed by atoms with Crippen LogP contribution in [0, 0.1) is 17.7 Å². The SMILES string of the molecule is COCCN(C[C@@H]1CN(Cc2ccc(C(F)(F)F)cc2)C[C@H]1c1cccc(F)c1)C(=O)C(C)C. The summed E-state index contributed by atoms with van der Waals surface area (Å²) < 4.78 is 57.9. The lowest BCUT2D eigenvalue weighted by molar-refractivity contribution is -0.137. The van der Waals surface area contributed by atoms with Crippen molar-refractivity contribution in [3.05, 3.63) is 71.0 Å². The number of ether oxygens (including phenoxy) is 1. The molecule has 2 aromatic carbocycles. The van der Waals surface area contributed by atoms with Gasteiger partial charge in [0.1, 0.15) is 5.82 Å². The van der Waals surface area contributed by atoms with Crippen LogP contribution in [0.4, 0.5) is 17.6 Å². The van der Waals surface area contributed by atoms with Crippen molar-refractivity contribution in [2.45, 2.75) is 32.5 Å². The summed E-state index contributed by atoms with van der Waals surface area (Å²) in [6, 6.07) is 11.7. The van der Waals surface area contributed by atoms with Crippen LogP contribution < -0.4 is 0 Å². The molecule has 1 heterocycles. The molecule has 4 nitrogen and oxygen atoms in total. The Morgan fingerprint density at radius 2 is 1.85 bits per heavy atom. The lowest BCUT2D eigenvalue weighted by atomic mass is 9.88. The molecule has 0 aliphatic carbocycles. The molecule has 8 heteroatoms. The third-order valence-corrected chi connectivity index (χ3v) is 6.31. The van der Waals surface area contributed by atoms with Gasteiger partial charge in [-0.3, -0.25) is 9.69 Å². The number of hydrogen-bond donors (Lipinski definition) is 0. The molecule has 2 atom stereocenters. The van der Waals surface area contributed by atoms with E-state index >= 15 is 0 Å². The number of rotatable bonds is 9. The van der Waals surface area contributed by atoms with E-state index in [9.17, 15) is 22.4 Å². The van der Waals surface area contributed by atoms with Gasteiger partial charge in [-0.15, -0.1) is 0 Å². The second-order valence-electron chi connectivity index (χ2n) is 9.24. The Morgan fingerprint density at radius 3 is 2.44 bits per heavy atom. The number of likely N-dealkylation sites (tertiary alicyclic amines) is 1. The van der Waals surface area contributed by atoms with Crippen molar-refractivity contribution in [1.82, 2.24) is 9.80 Å². The van der Waals surface area contributed by atoms with E-state index in [1.165, 1.54) is 24.3 Å². The van der Waals surface area contributed by atoms with Gasteiger partial charge in [-0.25, -0.2) is 4.39 Å². The zero-order chi connectivity index (χ0) is 24.9. The van der Waals surface area contributed by atoms with Crippen LogP contribution in [0.2, 0.25) is 0 Å². The number of halogens is 4. The highest BCUT2D eigenvalue weighted by molar-refractivity contribution is 5.78. The summed E-state index contributed by atoms with van der Waals surface area (Å²) in [5, 5.41) is 0. The molecule has 186 valence electrons. The second-order valence-corrected chi connectivity index (χ2v) is 9.24. The van der Waals surface area contributed by atoms with E-state index in [1.807, 2.05) is 24.8 Å². The highest BCUT2D eigenvalue weighted by atomic mass is 19.4. The van der Waals surface area contributed by atoms with Crippen LogP contribution in [-0.2, 0) is 22.3 Å². The van der Waals surface area contributed by atoms with Crippen LogP contribution in [-0.4, -0.2) is 55.6 Å². The summed E-state index contributed by atoms with van der Waals surface area (Å²) in [5.41, 5.74) is 0.971. The van der Waals surface area contributed by atoms with E-state index in [2.05, 4.69) is 4.90 Å². The molecule has 0 radical (unpaired) electrons. The van der Waals surface area contributed by atoms with E-state index in [-0.39, 0.29) is 29.5 Å². The molecule has 1 fully saturated rings. The third kappa shape index (κ3) is 6.79. The van der Waals surface area contributed by atoms with Gasteiger partial charge < -0.3 is 9.64 Å². The molecule has 1 aliphatic rings. The predicted molar refractivity (Wildman–Crippen MR) is 123 cm³/mol. The number of nitrogens with zero attached hydrogens (tertiary/aromatic N) is 2. The molecule has 1 saturated heterocycles. The minimum atomic E-state index is -4.37.